The lowest BCUT2D eigenvalue weighted by molar-refractivity contribution is -0.128. The Bertz CT molecular complexity index is 1010. The summed E-state index contributed by atoms with van der Waals surface area (Å²) < 4.78 is 1.91. The molecule has 3 heterocycles. The molecule has 5 heteroatoms. The summed E-state index contributed by atoms with van der Waals surface area (Å²) in [7, 11) is 2.31. The largest absolute Gasteiger partial charge is 0.343 e. The van der Waals surface area contributed by atoms with Gasteiger partial charge in [0.05, 0.1) is 5.52 Å². The van der Waals surface area contributed by atoms with Crippen LogP contribution in [0.3, 0.4) is 0 Å². The minimum atomic E-state index is 0.162. The van der Waals surface area contributed by atoms with E-state index in [9.17, 15) is 9.59 Å². The number of rotatable bonds is 3. The molecule has 2 aromatic rings. The highest BCUT2D eigenvalue weighted by atomic mass is 16.2. The Balaban J connectivity index is 0.000000265. The number of hydrogen-bond acceptors (Lipinski definition) is 3. The van der Waals surface area contributed by atoms with Gasteiger partial charge in [-0.25, -0.2) is 0 Å². The fraction of sp³-hybridized carbons (Fsp3) is 0.630. The van der Waals surface area contributed by atoms with Gasteiger partial charge in [-0.2, -0.15) is 0 Å². The number of fused-ring (bicyclic) bond motifs is 2. The molecule has 2 aliphatic heterocycles. The Morgan fingerprint density at radius 3 is 2.41 bits per heavy atom. The van der Waals surface area contributed by atoms with Gasteiger partial charge in [0, 0.05) is 56.0 Å². The maximum Gasteiger partial charge on any atom is 0.230 e. The van der Waals surface area contributed by atoms with E-state index in [0.717, 1.165) is 36.9 Å². The van der Waals surface area contributed by atoms with Crippen molar-refractivity contribution in [3.63, 3.8) is 0 Å². The number of carbonyl (C=O) groups is 2. The predicted octanol–water partition coefficient (Wildman–Crippen LogP) is 4.72. The SMILES string of the molecule is CCC(=O)n1cc2c3c(cccc31)C13CC(C1)C(C)CN(C)[C@@H]3C2.CCN(CC)C(C)=O. The Hall–Kier alpha value is -2.14. The molecule has 4 aliphatic rings. The molecule has 1 saturated carbocycles. The van der Waals surface area contributed by atoms with Crippen LogP contribution in [0.25, 0.3) is 10.9 Å². The van der Waals surface area contributed by atoms with Crippen LogP contribution in [0.4, 0.5) is 0 Å². The predicted molar refractivity (Wildman–Crippen MR) is 130 cm³/mol. The molecule has 0 N–H and O–H groups in total. The normalized spacial score (nSPS) is 28.1. The van der Waals surface area contributed by atoms with E-state index < -0.39 is 0 Å². The van der Waals surface area contributed by atoms with Crippen molar-refractivity contribution in [2.45, 2.75) is 71.8 Å². The van der Waals surface area contributed by atoms with Crippen LogP contribution in [0.15, 0.2) is 24.4 Å². The van der Waals surface area contributed by atoms with Crippen molar-refractivity contribution in [3.05, 3.63) is 35.5 Å². The molecule has 32 heavy (non-hydrogen) atoms. The van der Waals surface area contributed by atoms with Crippen molar-refractivity contribution >= 4 is 22.7 Å². The van der Waals surface area contributed by atoms with Gasteiger partial charge in [0.1, 0.15) is 0 Å². The number of amides is 1. The third kappa shape index (κ3) is 3.49. The number of aromatic nitrogens is 1. The van der Waals surface area contributed by atoms with Gasteiger partial charge < -0.3 is 9.80 Å². The summed E-state index contributed by atoms with van der Waals surface area (Å²) in [4.78, 5) is 27.3. The molecule has 1 unspecified atom stereocenters. The first-order valence-electron chi connectivity index (χ1n) is 12.4. The van der Waals surface area contributed by atoms with Crippen LogP contribution < -0.4 is 0 Å². The lowest BCUT2D eigenvalue weighted by atomic mass is 9.51. The second-order valence-electron chi connectivity index (χ2n) is 10.1. The van der Waals surface area contributed by atoms with Gasteiger partial charge >= 0.3 is 0 Å². The van der Waals surface area contributed by atoms with Crippen LogP contribution in [0.1, 0.15) is 69.8 Å². The van der Waals surface area contributed by atoms with Crippen molar-refractivity contribution in [3.8, 4) is 0 Å². The molecule has 5 nitrogen and oxygen atoms in total. The van der Waals surface area contributed by atoms with Crippen LogP contribution in [0.5, 0.6) is 0 Å². The maximum absolute atomic E-state index is 12.4. The van der Waals surface area contributed by atoms with E-state index in [-0.39, 0.29) is 11.8 Å². The molecule has 2 bridgehead atoms. The Morgan fingerprint density at radius 2 is 1.84 bits per heavy atom. The highest BCUT2D eigenvalue weighted by molar-refractivity contribution is 5.97. The maximum atomic E-state index is 12.4. The highest BCUT2D eigenvalue weighted by Gasteiger charge is 2.57. The summed E-state index contributed by atoms with van der Waals surface area (Å²) in [5.74, 6) is 2.03. The second kappa shape index (κ2) is 8.66. The molecule has 2 saturated heterocycles. The summed E-state index contributed by atoms with van der Waals surface area (Å²) in [6.45, 7) is 12.8. The van der Waals surface area contributed by atoms with Crippen molar-refractivity contribution in [1.29, 1.82) is 0 Å². The van der Waals surface area contributed by atoms with Crippen LogP contribution in [0.2, 0.25) is 0 Å². The van der Waals surface area contributed by atoms with Gasteiger partial charge in [-0.05, 0) is 69.2 Å². The Morgan fingerprint density at radius 1 is 1.16 bits per heavy atom. The summed E-state index contributed by atoms with van der Waals surface area (Å²) in [5.41, 5.74) is 4.34. The van der Waals surface area contributed by atoms with Gasteiger partial charge in [-0.15, -0.1) is 0 Å². The average Bonchev–Trinajstić information content (AvgIpc) is 3.03. The van der Waals surface area contributed by atoms with Crippen molar-refractivity contribution in [1.82, 2.24) is 14.4 Å². The fourth-order valence-corrected chi connectivity index (χ4v) is 6.65. The lowest BCUT2D eigenvalue weighted by Gasteiger charge is -2.55. The second-order valence-corrected chi connectivity index (χ2v) is 10.1. The first-order chi connectivity index (χ1) is 15.3. The van der Waals surface area contributed by atoms with E-state index in [1.807, 2.05) is 25.3 Å². The average molecular weight is 438 g/mol. The Labute approximate surface area is 192 Å². The molecule has 1 spiro atoms. The van der Waals surface area contributed by atoms with E-state index in [2.05, 4.69) is 43.3 Å². The van der Waals surface area contributed by atoms with Crippen LogP contribution in [-0.2, 0) is 16.6 Å². The molecule has 2 aliphatic carbocycles. The van der Waals surface area contributed by atoms with Crippen LogP contribution >= 0.6 is 0 Å². The third-order valence-corrected chi connectivity index (χ3v) is 8.44. The molecule has 1 amide bonds. The highest BCUT2D eigenvalue weighted by Crippen LogP contribution is 2.60. The minimum Gasteiger partial charge on any atom is -0.343 e. The van der Waals surface area contributed by atoms with Gasteiger partial charge in [0.2, 0.25) is 11.8 Å². The molecule has 1 aromatic carbocycles. The summed E-state index contributed by atoms with van der Waals surface area (Å²) in [6, 6.07) is 7.23. The number of carbonyl (C=O) groups excluding carboxylic acids is 2. The number of hydrogen-bond donors (Lipinski definition) is 0. The van der Waals surface area contributed by atoms with Crippen molar-refractivity contribution in [2.24, 2.45) is 11.8 Å². The zero-order chi connectivity index (χ0) is 23.2. The van der Waals surface area contributed by atoms with Gasteiger partial charge in [-0.3, -0.25) is 14.2 Å². The summed E-state index contributed by atoms with van der Waals surface area (Å²) in [6.07, 6.45) is 6.43. The Kier molecular flexibility index (Phi) is 6.23. The smallest absolute Gasteiger partial charge is 0.230 e. The zero-order valence-electron chi connectivity index (χ0n) is 20.6. The summed E-state index contributed by atoms with van der Waals surface area (Å²) in [5, 5.41) is 1.39. The van der Waals surface area contributed by atoms with Gasteiger partial charge in [0.15, 0.2) is 0 Å². The zero-order valence-corrected chi connectivity index (χ0v) is 20.6. The van der Waals surface area contributed by atoms with Crippen molar-refractivity contribution < 1.29 is 9.59 Å². The minimum absolute atomic E-state index is 0.162. The van der Waals surface area contributed by atoms with E-state index in [0.29, 0.717) is 17.9 Å². The first kappa shape index (κ1) is 23.0. The topological polar surface area (TPSA) is 45.6 Å². The number of benzene rings is 1. The lowest BCUT2D eigenvalue weighted by Crippen LogP contribution is -2.55. The standard InChI is InChI=1S/C21H26N2O.C6H13NO/c1-4-19(24)23-12-14-8-18-21(16-6-5-7-17(23)20(14)16)9-15(10-21)13(2)11-22(18)3;1-4-7(5-2)6(3)8/h5-7,12-13,15,18H,4,8-11H2,1-3H3;4-5H2,1-3H3/t13?,15?,18-,21?;/m1./s1. The first-order valence-corrected chi connectivity index (χ1v) is 12.4. The summed E-state index contributed by atoms with van der Waals surface area (Å²) >= 11 is 0. The monoisotopic (exact) mass is 437 g/mol. The number of likely N-dealkylation sites (N-methyl/N-ethyl adjacent to an activating group) is 1. The van der Waals surface area contributed by atoms with Crippen LogP contribution in [0, 0.1) is 11.8 Å². The number of nitrogens with zero attached hydrogens (tertiary/aromatic N) is 3. The molecule has 6 rings (SSSR count). The van der Waals surface area contributed by atoms with E-state index >= 15 is 0 Å². The van der Waals surface area contributed by atoms with E-state index in [1.54, 1.807) is 11.8 Å². The molecule has 174 valence electrons. The molecule has 2 atom stereocenters. The van der Waals surface area contributed by atoms with Gasteiger partial charge in [0.25, 0.3) is 0 Å². The third-order valence-electron chi connectivity index (χ3n) is 8.44. The van der Waals surface area contributed by atoms with E-state index in [4.69, 9.17) is 0 Å². The fourth-order valence-electron chi connectivity index (χ4n) is 6.65. The quantitative estimate of drug-likeness (QED) is 0.698. The molecular weight excluding hydrogens is 398 g/mol. The molecule has 0 radical (unpaired) electrons. The van der Waals surface area contributed by atoms with Crippen LogP contribution in [-0.4, -0.2) is 58.9 Å². The van der Waals surface area contributed by atoms with E-state index in [1.165, 1.54) is 35.9 Å². The van der Waals surface area contributed by atoms with Gasteiger partial charge in [-0.1, -0.05) is 26.0 Å². The molecular formula is C27H39N3O2. The van der Waals surface area contributed by atoms with Crippen molar-refractivity contribution in [2.75, 3.05) is 26.7 Å². The molecule has 3 fully saturated rings. The molecule has 1 aromatic heterocycles.